The van der Waals surface area contributed by atoms with E-state index in [1.54, 1.807) is 6.07 Å². The van der Waals surface area contributed by atoms with E-state index in [1.807, 2.05) is 0 Å². The first kappa shape index (κ1) is 19.3. The molecule has 2 heterocycles. The third-order valence-electron chi connectivity index (χ3n) is 4.95. The SMILES string of the molecule is Cl.O=C1CCCc2[nH]c(=O)c(C(=O)Nc3ccc4c(c3F)CCNC4)cc21. The maximum absolute atomic E-state index is 14.7. The Bertz CT molecular complexity index is 987. The molecule has 2 aliphatic rings. The summed E-state index contributed by atoms with van der Waals surface area (Å²) in [7, 11) is 0. The molecule has 0 saturated carbocycles. The summed E-state index contributed by atoms with van der Waals surface area (Å²) in [6.45, 7) is 1.26. The number of carbonyl (C=O) groups excluding carboxylic acids is 2. The van der Waals surface area contributed by atoms with Crippen molar-refractivity contribution in [2.45, 2.75) is 32.2 Å². The average Bonchev–Trinajstić information content (AvgIpc) is 2.64. The van der Waals surface area contributed by atoms with Gasteiger partial charge in [0.25, 0.3) is 11.5 Å². The maximum Gasteiger partial charge on any atom is 0.261 e. The van der Waals surface area contributed by atoms with Crippen molar-refractivity contribution in [2.75, 3.05) is 11.9 Å². The first-order valence-corrected chi connectivity index (χ1v) is 8.66. The van der Waals surface area contributed by atoms with Gasteiger partial charge in [0.1, 0.15) is 11.4 Å². The molecule has 0 bridgehead atoms. The maximum atomic E-state index is 14.7. The first-order chi connectivity index (χ1) is 12.5. The molecule has 0 atom stereocenters. The third-order valence-corrected chi connectivity index (χ3v) is 4.95. The second kappa shape index (κ2) is 7.62. The molecule has 8 heteroatoms. The summed E-state index contributed by atoms with van der Waals surface area (Å²) in [5.74, 6) is -1.29. The van der Waals surface area contributed by atoms with Gasteiger partial charge in [-0.3, -0.25) is 14.4 Å². The number of aromatic amines is 1. The van der Waals surface area contributed by atoms with E-state index in [2.05, 4.69) is 15.6 Å². The number of nitrogens with one attached hydrogen (secondary N) is 3. The summed E-state index contributed by atoms with van der Waals surface area (Å²) >= 11 is 0. The molecule has 0 fully saturated rings. The van der Waals surface area contributed by atoms with Crippen molar-refractivity contribution in [2.24, 2.45) is 0 Å². The molecule has 1 amide bonds. The lowest BCUT2D eigenvalue weighted by Gasteiger charge is -2.19. The quantitative estimate of drug-likeness (QED) is 0.733. The molecule has 3 N–H and O–H groups in total. The highest BCUT2D eigenvalue weighted by atomic mass is 35.5. The number of Topliss-reactive ketones (excluding diaryl/α,β-unsaturated/α-hetero) is 1. The van der Waals surface area contributed by atoms with Gasteiger partial charge < -0.3 is 15.6 Å². The van der Waals surface area contributed by atoms with Gasteiger partial charge in [-0.05, 0) is 49.1 Å². The molecule has 0 spiro atoms. The van der Waals surface area contributed by atoms with Gasteiger partial charge in [0.15, 0.2) is 5.78 Å². The summed E-state index contributed by atoms with van der Waals surface area (Å²) < 4.78 is 14.7. The predicted octanol–water partition coefficient (Wildman–Crippen LogP) is 2.35. The van der Waals surface area contributed by atoms with Gasteiger partial charge in [0.05, 0.1) is 5.69 Å². The van der Waals surface area contributed by atoms with Gasteiger partial charge in [0.2, 0.25) is 0 Å². The minimum absolute atomic E-state index is 0. The highest BCUT2D eigenvalue weighted by Crippen LogP contribution is 2.25. The van der Waals surface area contributed by atoms with Crippen molar-refractivity contribution in [1.29, 1.82) is 0 Å². The van der Waals surface area contributed by atoms with E-state index in [-0.39, 0.29) is 29.4 Å². The van der Waals surface area contributed by atoms with E-state index in [1.165, 1.54) is 12.1 Å². The van der Waals surface area contributed by atoms with Crippen LogP contribution in [0.3, 0.4) is 0 Å². The number of anilines is 1. The minimum atomic E-state index is -0.722. The van der Waals surface area contributed by atoms with Crippen LogP contribution in [-0.4, -0.2) is 23.2 Å². The Morgan fingerprint density at radius 3 is 2.78 bits per heavy atom. The molecule has 1 aromatic heterocycles. The van der Waals surface area contributed by atoms with Crippen LogP contribution >= 0.6 is 12.4 Å². The van der Waals surface area contributed by atoms with Crippen LogP contribution in [0.15, 0.2) is 23.0 Å². The smallest absolute Gasteiger partial charge is 0.261 e. The number of ketones is 1. The van der Waals surface area contributed by atoms with Crippen molar-refractivity contribution in [3.63, 3.8) is 0 Å². The molecule has 0 saturated heterocycles. The molecule has 6 nitrogen and oxygen atoms in total. The van der Waals surface area contributed by atoms with E-state index >= 15 is 0 Å². The number of rotatable bonds is 2. The van der Waals surface area contributed by atoms with Gasteiger partial charge in [-0.15, -0.1) is 12.4 Å². The zero-order valence-corrected chi connectivity index (χ0v) is 15.3. The van der Waals surface area contributed by atoms with Crippen LogP contribution in [0.1, 0.15) is 50.4 Å². The lowest BCUT2D eigenvalue weighted by molar-refractivity contribution is 0.0971. The van der Waals surface area contributed by atoms with Gasteiger partial charge in [-0.25, -0.2) is 4.39 Å². The van der Waals surface area contributed by atoms with Crippen LogP contribution in [0.2, 0.25) is 0 Å². The van der Waals surface area contributed by atoms with Crippen molar-refractivity contribution >= 4 is 29.8 Å². The van der Waals surface area contributed by atoms with Crippen molar-refractivity contribution in [3.05, 3.63) is 62.3 Å². The topological polar surface area (TPSA) is 91.1 Å². The lowest BCUT2D eigenvalue weighted by Crippen LogP contribution is -2.28. The normalized spacial score (nSPS) is 15.4. The van der Waals surface area contributed by atoms with Crippen LogP contribution < -0.4 is 16.2 Å². The van der Waals surface area contributed by atoms with Crippen molar-refractivity contribution in [1.82, 2.24) is 10.3 Å². The summed E-state index contributed by atoms with van der Waals surface area (Å²) in [6, 6.07) is 4.59. The molecular weight excluding hydrogens is 373 g/mol. The van der Waals surface area contributed by atoms with Crippen LogP contribution in [0.5, 0.6) is 0 Å². The fraction of sp³-hybridized carbons (Fsp3) is 0.316. The largest absolute Gasteiger partial charge is 0.325 e. The van der Waals surface area contributed by atoms with E-state index in [9.17, 15) is 18.8 Å². The monoisotopic (exact) mass is 391 g/mol. The van der Waals surface area contributed by atoms with Gasteiger partial charge in [0, 0.05) is 24.2 Å². The number of aryl methyl sites for hydroxylation is 1. The van der Waals surface area contributed by atoms with E-state index in [0.29, 0.717) is 55.6 Å². The Balaban J connectivity index is 0.00000210. The highest BCUT2D eigenvalue weighted by Gasteiger charge is 2.23. The van der Waals surface area contributed by atoms with Gasteiger partial charge >= 0.3 is 0 Å². The molecule has 0 radical (unpaired) electrons. The Morgan fingerprint density at radius 1 is 1.15 bits per heavy atom. The predicted molar refractivity (Wildman–Crippen MR) is 101 cm³/mol. The molecule has 1 aromatic carbocycles. The Labute approximate surface area is 161 Å². The first-order valence-electron chi connectivity index (χ1n) is 8.66. The molecular formula is C19H19ClFN3O3. The molecule has 0 unspecified atom stereocenters. The van der Waals surface area contributed by atoms with E-state index < -0.39 is 17.3 Å². The molecule has 1 aliphatic heterocycles. The Hall–Kier alpha value is -2.51. The number of aromatic nitrogens is 1. The number of hydrogen-bond acceptors (Lipinski definition) is 4. The zero-order valence-electron chi connectivity index (χ0n) is 14.5. The fourth-order valence-electron chi connectivity index (χ4n) is 3.56. The Morgan fingerprint density at radius 2 is 1.96 bits per heavy atom. The minimum Gasteiger partial charge on any atom is -0.325 e. The number of fused-ring (bicyclic) bond motifs is 2. The fourth-order valence-corrected chi connectivity index (χ4v) is 3.56. The average molecular weight is 392 g/mol. The number of pyridine rings is 1. The number of benzene rings is 1. The van der Waals surface area contributed by atoms with E-state index in [0.717, 1.165) is 5.56 Å². The lowest BCUT2D eigenvalue weighted by atomic mass is 9.93. The van der Waals surface area contributed by atoms with Crippen molar-refractivity contribution in [3.8, 4) is 0 Å². The number of halogens is 2. The number of hydrogen-bond donors (Lipinski definition) is 3. The standard InChI is InChI=1S/C19H18FN3O3.ClH/c20-17-11-6-7-21-9-10(11)4-5-15(17)23-19(26)13-8-12-14(22-18(13)25)2-1-3-16(12)24;/h4-5,8,21H,1-3,6-7,9H2,(H,22,25)(H,23,26);1H. The summed E-state index contributed by atoms with van der Waals surface area (Å²) in [5, 5.41) is 5.64. The number of carbonyl (C=O) groups is 2. The molecule has 27 heavy (non-hydrogen) atoms. The molecule has 142 valence electrons. The van der Waals surface area contributed by atoms with Crippen molar-refractivity contribution < 1.29 is 14.0 Å². The number of amides is 1. The third kappa shape index (κ3) is 3.52. The second-order valence-corrected chi connectivity index (χ2v) is 6.63. The summed E-state index contributed by atoms with van der Waals surface area (Å²) in [5.41, 5.74) is 1.67. The van der Waals surface area contributed by atoms with Crippen LogP contribution in [0.4, 0.5) is 10.1 Å². The highest BCUT2D eigenvalue weighted by molar-refractivity contribution is 6.06. The van der Waals surface area contributed by atoms with Gasteiger partial charge in [-0.2, -0.15) is 0 Å². The molecule has 2 aromatic rings. The van der Waals surface area contributed by atoms with E-state index in [4.69, 9.17) is 0 Å². The molecule has 4 rings (SSSR count). The summed E-state index contributed by atoms with van der Waals surface area (Å²) in [6.07, 6.45) is 2.22. The summed E-state index contributed by atoms with van der Waals surface area (Å²) in [4.78, 5) is 39.4. The zero-order chi connectivity index (χ0) is 18.3. The van der Waals surface area contributed by atoms with Crippen LogP contribution in [-0.2, 0) is 19.4 Å². The number of H-pyrrole nitrogens is 1. The second-order valence-electron chi connectivity index (χ2n) is 6.63. The Kier molecular flexibility index (Phi) is 5.43. The van der Waals surface area contributed by atoms with Crippen LogP contribution in [0.25, 0.3) is 0 Å². The van der Waals surface area contributed by atoms with Gasteiger partial charge in [-0.1, -0.05) is 6.07 Å². The molecule has 1 aliphatic carbocycles. The van der Waals surface area contributed by atoms with Crippen LogP contribution in [0, 0.1) is 5.82 Å².